The van der Waals surface area contributed by atoms with Crippen LogP contribution in [0.5, 0.6) is 0 Å². The van der Waals surface area contributed by atoms with Crippen LogP contribution >= 0.6 is 11.3 Å². The lowest BCUT2D eigenvalue weighted by molar-refractivity contribution is -0.385. The van der Waals surface area contributed by atoms with Crippen molar-refractivity contribution >= 4 is 28.9 Å². The molecule has 0 spiro atoms. The third-order valence-corrected chi connectivity index (χ3v) is 6.48. The van der Waals surface area contributed by atoms with Crippen LogP contribution in [0.15, 0.2) is 16.0 Å². The average molecular weight is 474 g/mol. The van der Waals surface area contributed by atoms with E-state index in [-0.39, 0.29) is 35.3 Å². The Kier molecular flexibility index (Phi) is 6.22. The largest absolute Gasteiger partial charge is 0.461 e. The number of amides is 1. The third kappa shape index (κ3) is 4.35. The molecule has 0 radical (unpaired) electrons. The van der Waals surface area contributed by atoms with E-state index in [2.05, 4.69) is 15.2 Å². The van der Waals surface area contributed by atoms with Crippen LogP contribution in [-0.2, 0) is 11.8 Å². The number of likely N-dealkylation sites (tertiary alicyclic amines) is 1. The summed E-state index contributed by atoms with van der Waals surface area (Å²) in [5.74, 6) is -0.421. The van der Waals surface area contributed by atoms with Gasteiger partial charge in [0.1, 0.15) is 11.4 Å². The minimum atomic E-state index is -0.559. The number of ether oxygens (including phenoxy) is 1. The number of nitro groups is 1. The number of piperidine rings is 1. The van der Waals surface area contributed by atoms with Crippen molar-refractivity contribution in [1.82, 2.24) is 24.8 Å². The Bertz CT molecular complexity index is 1210. The summed E-state index contributed by atoms with van der Waals surface area (Å²) in [5, 5.41) is 21.9. The number of thiazole rings is 1. The molecule has 0 aliphatic carbocycles. The Labute approximate surface area is 192 Å². The van der Waals surface area contributed by atoms with Crippen molar-refractivity contribution in [3.63, 3.8) is 0 Å². The molecule has 0 unspecified atom stereocenters. The molecule has 1 saturated heterocycles. The molecule has 3 aromatic rings. The highest BCUT2D eigenvalue weighted by Crippen LogP contribution is 2.34. The van der Waals surface area contributed by atoms with Gasteiger partial charge in [-0.3, -0.25) is 19.6 Å². The smallest absolute Gasteiger partial charge is 0.360 e. The molecule has 1 aliphatic rings. The Balaban J connectivity index is 1.42. The van der Waals surface area contributed by atoms with Crippen LogP contribution < -0.4 is 0 Å². The fourth-order valence-electron chi connectivity index (χ4n) is 3.87. The summed E-state index contributed by atoms with van der Waals surface area (Å²) in [6, 6.07) is 1.50. The van der Waals surface area contributed by atoms with Gasteiger partial charge in [-0.25, -0.2) is 9.78 Å². The fourth-order valence-corrected chi connectivity index (χ4v) is 4.85. The predicted molar refractivity (Wildman–Crippen MR) is 116 cm³/mol. The predicted octanol–water partition coefficient (Wildman–Crippen LogP) is 2.94. The van der Waals surface area contributed by atoms with Crippen molar-refractivity contribution < 1.29 is 23.8 Å². The lowest BCUT2D eigenvalue weighted by Crippen LogP contribution is -2.39. The SMILES string of the molecule is CCOC(=O)c1cc(-c2csc(C3CCN(C(=O)c4c([N+](=O)[O-])c(C)nn4C)CC3)n2)on1. The van der Waals surface area contributed by atoms with Crippen molar-refractivity contribution in [2.75, 3.05) is 19.7 Å². The first-order chi connectivity index (χ1) is 15.8. The lowest BCUT2D eigenvalue weighted by Gasteiger charge is -2.30. The average Bonchev–Trinajstić information content (AvgIpc) is 3.52. The van der Waals surface area contributed by atoms with Crippen LogP contribution in [0.2, 0.25) is 0 Å². The molecule has 0 saturated carbocycles. The van der Waals surface area contributed by atoms with Crippen molar-refractivity contribution in [1.29, 1.82) is 0 Å². The molecule has 0 atom stereocenters. The molecular weight excluding hydrogens is 452 g/mol. The van der Waals surface area contributed by atoms with Gasteiger partial charge in [0.05, 0.1) is 16.5 Å². The highest BCUT2D eigenvalue weighted by molar-refractivity contribution is 7.10. The summed E-state index contributed by atoms with van der Waals surface area (Å²) in [6.07, 6.45) is 1.35. The van der Waals surface area contributed by atoms with E-state index >= 15 is 0 Å². The van der Waals surface area contributed by atoms with E-state index in [9.17, 15) is 19.7 Å². The quantitative estimate of drug-likeness (QED) is 0.299. The van der Waals surface area contributed by atoms with Crippen LogP contribution in [0, 0.1) is 17.0 Å². The van der Waals surface area contributed by atoms with E-state index in [1.54, 1.807) is 11.8 Å². The van der Waals surface area contributed by atoms with E-state index < -0.39 is 16.8 Å². The molecule has 4 rings (SSSR count). The monoisotopic (exact) mass is 474 g/mol. The zero-order valence-electron chi connectivity index (χ0n) is 18.3. The van der Waals surface area contributed by atoms with Gasteiger partial charge < -0.3 is 14.2 Å². The van der Waals surface area contributed by atoms with Gasteiger partial charge in [0.25, 0.3) is 5.91 Å². The number of carbonyl (C=O) groups excluding carboxylic acids is 2. The first-order valence-electron chi connectivity index (χ1n) is 10.4. The number of nitrogens with zero attached hydrogens (tertiary/aromatic N) is 6. The second kappa shape index (κ2) is 9.10. The maximum atomic E-state index is 13.0. The molecule has 1 amide bonds. The summed E-state index contributed by atoms with van der Waals surface area (Å²) in [5.41, 5.74) is 0.637. The molecule has 174 valence electrons. The van der Waals surface area contributed by atoms with Gasteiger partial charge in [0, 0.05) is 37.5 Å². The van der Waals surface area contributed by atoms with Gasteiger partial charge in [-0.05, 0) is 26.7 Å². The van der Waals surface area contributed by atoms with Crippen molar-refractivity contribution in [3.05, 3.63) is 43.7 Å². The van der Waals surface area contributed by atoms with Gasteiger partial charge in [-0.1, -0.05) is 5.16 Å². The van der Waals surface area contributed by atoms with Crippen LogP contribution in [0.25, 0.3) is 11.5 Å². The number of aromatic nitrogens is 4. The Morgan fingerprint density at radius 1 is 1.36 bits per heavy atom. The zero-order valence-corrected chi connectivity index (χ0v) is 19.1. The minimum absolute atomic E-state index is 0.00444. The second-order valence-electron chi connectivity index (χ2n) is 7.60. The van der Waals surface area contributed by atoms with Crippen molar-refractivity contribution in [3.8, 4) is 11.5 Å². The maximum Gasteiger partial charge on any atom is 0.360 e. The van der Waals surface area contributed by atoms with Gasteiger partial charge >= 0.3 is 11.7 Å². The number of hydrogen-bond acceptors (Lipinski definition) is 10. The normalized spacial score (nSPS) is 14.5. The molecular formula is C20H22N6O6S. The van der Waals surface area contributed by atoms with Crippen molar-refractivity contribution in [2.24, 2.45) is 7.05 Å². The highest BCUT2D eigenvalue weighted by atomic mass is 32.1. The standard InChI is InChI=1S/C20H22N6O6S/c1-4-31-20(28)13-9-15(32-23-13)14-10-33-18(21-14)12-5-7-25(8-6-12)19(27)17-16(26(29)30)11(2)22-24(17)3/h9-10,12H,4-8H2,1-3H3. The summed E-state index contributed by atoms with van der Waals surface area (Å²) in [6.45, 7) is 4.38. The summed E-state index contributed by atoms with van der Waals surface area (Å²) >= 11 is 1.48. The van der Waals surface area contributed by atoms with E-state index in [0.717, 1.165) is 5.01 Å². The molecule has 1 aliphatic heterocycles. The zero-order chi connectivity index (χ0) is 23.7. The maximum absolute atomic E-state index is 13.0. The van der Waals surface area contributed by atoms with Crippen LogP contribution in [0.4, 0.5) is 5.69 Å². The molecule has 1 fully saturated rings. The van der Waals surface area contributed by atoms with Gasteiger partial charge in [0.15, 0.2) is 11.5 Å². The van der Waals surface area contributed by atoms with E-state index in [1.807, 2.05) is 5.38 Å². The highest BCUT2D eigenvalue weighted by Gasteiger charge is 2.34. The molecule has 0 N–H and O–H groups in total. The Morgan fingerprint density at radius 3 is 2.76 bits per heavy atom. The van der Waals surface area contributed by atoms with Crippen LogP contribution in [0.1, 0.15) is 57.4 Å². The number of carbonyl (C=O) groups is 2. The molecule has 3 aromatic heterocycles. The second-order valence-corrected chi connectivity index (χ2v) is 8.49. The van der Waals surface area contributed by atoms with Gasteiger partial charge in [-0.2, -0.15) is 5.10 Å². The molecule has 4 heterocycles. The van der Waals surface area contributed by atoms with Crippen LogP contribution in [-0.4, -0.2) is 61.3 Å². The first kappa shape index (κ1) is 22.6. The Morgan fingerprint density at radius 2 is 2.09 bits per heavy atom. The third-order valence-electron chi connectivity index (χ3n) is 5.48. The number of rotatable bonds is 6. The summed E-state index contributed by atoms with van der Waals surface area (Å²) < 4.78 is 11.4. The number of hydrogen-bond donors (Lipinski definition) is 0. The lowest BCUT2D eigenvalue weighted by atomic mass is 9.97. The molecule has 0 aromatic carbocycles. The van der Waals surface area contributed by atoms with Crippen LogP contribution in [0.3, 0.4) is 0 Å². The van der Waals surface area contributed by atoms with E-state index in [4.69, 9.17) is 9.26 Å². The van der Waals surface area contributed by atoms with Gasteiger partial charge in [0.2, 0.25) is 5.69 Å². The first-order valence-corrected chi connectivity index (χ1v) is 11.2. The fraction of sp³-hybridized carbons (Fsp3) is 0.450. The summed E-state index contributed by atoms with van der Waals surface area (Å²) in [4.78, 5) is 41.9. The number of esters is 1. The van der Waals surface area contributed by atoms with E-state index in [0.29, 0.717) is 37.4 Å². The van der Waals surface area contributed by atoms with E-state index in [1.165, 1.54) is 36.1 Å². The molecule has 13 heteroatoms. The molecule has 12 nitrogen and oxygen atoms in total. The minimum Gasteiger partial charge on any atom is -0.461 e. The molecule has 0 bridgehead atoms. The summed E-state index contributed by atoms with van der Waals surface area (Å²) in [7, 11) is 1.54. The molecule has 33 heavy (non-hydrogen) atoms. The number of aryl methyl sites for hydroxylation is 2. The Hall–Kier alpha value is -3.61. The topological polar surface area (TPSA) is 146 Å². The van der Waals surface area contributed by atoms with Crippen molar-refractivity contribution in [2.45, 2.75) is 32.6 Å². The van der Waals surface area contributed by atoms with Gasteiger partial charge in [-0.15, -0.1) is 11.3 Å².